The highest BCUT2D eigenvalue weighted by Gasteiger charge is 2.19. The number of rotatable bonds is 2. The molecule has 0 bridgehead atoms. The maximum absolute atomic E-state index is 12.1. The van der Waals surface area contributed by atoms with E-state index in [0.717, 1.165) is 25.9 Å². The predicted octanol–water partition coefficient (Wildman–Crippen LogP) is 2.78. The van der Waals surface area contributed by atoms with Gasteiger partial charge in [0.1, 0.15) is 0 Å². The Bertz CT molecular complexity index is 408. The Morgan fingerprint density at radius 3 is 2.18 bits per heavy atom. The second kappa shape index (κ2) is 4.91. The molecule has 0 N–H and O–H groups in total. The molecule has 1 aromatic rings. The van der Waals surface area contributed by atoms with Gasteiger partial charge >= 0.3 is 0 Å². The van der Waals surface area contributed by atoms with Crippen molar-refractivity contribution in [2.45, 2.75) is 40.0 Å². The zero-order valence-electron chi connectivity index (χ0n) is 11.0. The Labute approximate surface area is 104 Å². The largest absolute Gasteiger partial charge is 0.342 e. The molecule has 1 aliphatic rings. The first-order valence-electron chi connectivity index (χ1n) is 6.42. The molecule has 0 spiro atoms. The van der Waals surface area contributed by atoms with Gasteiger partial charge in [-0.25, -0.2) is 0 Å². The Hall–Kier alpha value is -1.31. The van der Waals surface area contributed by atoms with Crippen LogP contribution >= 0.6 is 0 Å². The maximum Gasteiger partial charge on any atom is 0.227 e. The van der Waals surface area contributed by atoms with Crippen molar-refractivity contribution in [2.24, 2.45) is 0 Å². The third-order valence-corrected chi connectivity index (χ3v) is 3.63. The van der Waals surface area contributed by atoms with Crippen LogP contribution in [0.2, 0.25) is 0 Å². The fourth-order valence-corrected chi connectivity index (χ4v) is 2.72. The van der Waals surface area contributed by atoms with Crippen LogP contribution < -0.4 is 0 Å². The maximum atomic E-state index is 12.1. The molecule has 0 saturated carbocycles. The van der Waals surface area contributed by atoms with Crippen molar-refractivity contribution in [3.8, 4) is 0 Å². The summed E-state index contributed by atoms with van der Waals surface area (Å²) in [6, 6.07) is 4.33. The molecule has 0 unspecified atom stereocenters. The molecule has 2 rings (SSSR count). The van der Waals surface area contributed by atoms with Gasteiger partial charge in [-0.2, -0.15) is 0 Å². The van der Waals surface area contributed by atoms with Crippen molar-refractivity contribution < 1.29 is 4.79 Å². The van der Waals surface area contributed by atoms with E-state index in [4.69, 9.17) is 0 Å². The van der Waals surface area contributed by atoms with Crippen LogP contribution in [0.25, 0.3) is 0 Å². The predicted molar refractivity (Wildman–Crippen MR) is 70.2 cm³/mol. The number of carbonyl (C=O) groups is 1. The van der Waals surface area contributed by atoms with E-state index in [1.54, 1.807) is 0 Å². The van der Waals surface area contributed by atoms with E-state index in [9.17, 15) is 4.79 Å². The Balaban J connectivity index is 2.15. The summed E-state index contributed by atoms with van der Waals surface area (Å²) in [4.78, 5) is 14.1. The highest BCUT2D eigenvalue weighted by Crippen LogP contribution is 2.19. The number of hydrogen-bond acceptors (Lipinski definition) is 1. The topological polar surface area (TPSA) is 20.3 Å². The third kappa shape index (κ3) is 2.68. The molecule has 1 saturated heterocycles. The van der Waals surface area contributed by atoms with Crippen molar-refractivity contribution in [3.63, 3.8) is 0 Å². The lowest BCUT2D eigenvalue weighted by Crippen LogP contribution is -2.29. The van der Waals surface area contributed by atoms with Crippen molar-refractivity contribution in [3.05, 3.63) is 34.4 Å². The molecular weight excluding hydrogens is 210 g/mol. The molecule has 92 valence electrons. The SMILES string of the molecule is Cc1cc(C)c(CC(=O)N2CCCC2)c(C)c1. The molecule has 1 aliphatic heterocycles. The van der Waals surface area contributed by atoms with Crippen LogP contribution in [0.1, 0.15) is 35.1 Å². The molecule has 0 radical (unpaired) electrons. The summed E-state index contributed by atoms with van der Waals surface area (Å²) in [6.07, 6.45) is 2.90. The summed E-state index contributed by atoms with van der Waals surface area (Å²) in [5, 5.41) is 0. The first-order valence-corrected chi connectivity index (χ1v) is 6.42. The van der Waals surface area contributed by atoms with Crippen LogP contribution in [0.4, 0.5) is 0 Å². The van der Waals surface area contributed by atoms with Gasteiger partial charge in [0.25, 0.3) is 0 Å². The highest BCUT2D eigenvalue weighted by atomic mass is 16.2. The van der Waals surface area contributed by atoms with Gasteiger partial charge in [0.2, 0.25) is 5.91 Å². The van der Waals surface area contributed by atoms with Gasteiger partial charge in [0, 0.05) is 13.1 Å². The number of hydrogen-bond donors (Lipinski definition) is 0. The van der Waals surface area contributed by atoms with Gasteiger partial charge in [-0.1, -0.05) is 17.7 Å². The molecule has 1 aromatic carbocycles. The summed E-state index contributed by atoms with van der Waals surface area (Å²) < 4.78 is 0. The number of carbonyl (C=O) groups excluding carboxylic acids is 1. The Morgan fingerprint density at radius 2 is 1.65 bits per heavy atom. The monoisotopic (exact) mass is 231 g/mol. The second-order valence-corrected chi connectivity index (χ2v) is 5.14. The quantitative estimate of drug-likeness (QED) is 0.766. The molecule has 0 atom stereocenters. The van der Waals surface area contributed by atoms with Crippen LogP contribution in [-0.2, 0) is 11.2 Å². The minimum atomic E-state index is 0.289. The molecular formula is C15H21NO. The van der Waals surface area contributed by atoms with Gasteiger partial charge in [0.15, 0.2) is 0 Å². The number of nitrogens with zero attached hydrogens (tertiary/aromatic N) is 1. The average molecular weight is 231 g/mol. The van der Waals surface area contributed by atoms with E-state index in [1.165, 1.54) is 22.3 Å². The van der Waals surface area contributed by atoms with Gasteiger partial charge in [0.05, 0.1) is 6.42 Å². The molecule has 0 aromatic heterocycles. The molecule has 0 aliphatic carbocycles. The van der Waals surface area contributed by atoms with Crippen molar-refractivity contribution >= 4 is 5.91 Å². The first kappa shape index (κ1) is 12.2. The molecule has 2 nitrogen and oxygen atoms in total. The van der Waals surface area contributed by atoms with Crippen LogP contribution in [0, 0.1) is 20.8 Å². The number of benzene rings is 1. The lowest BCUT2D eigenvalue weighted by atomic mass is 9.97. The van der Waals surface area contributed by atoms with Gasteiger partial charge in [-0.3, -0.25) is 4.79 Å². The lowest BCUT2D eigenvalue weighted by molar-refractivity contribution is -0.129. The minimum Gasteiger partial charge on any atom is -0.342 e. The average Bonchev–Trinajstić information content (AvgIpc) is 2.76. The Morgan fingerprint density at radius 1 is 1.12 bits per heavy atom. The zero-order valence-corrected chi connectivity index (χ0v) is 11.0. The van der Waals surface area contributed by atoms with Crippen molar-refractivity contribution in [1.29, 1.82) is 0 Å². The normalized spacial score (nSPS) is 15.4. The second-order valence-electron chi connectivity index (χ2n) is 5.14. The van der Waals surface area contributed by atoms with E-state index in [-0.39, 0.29) is 5.91 Å². The summed E-state index contributed by atoms with van der Waals surface area (Å²) in [7, 11) is 0. The summed E-state index contributed by atoms with van der Waals surface area (Å²) in [5.41, 5.74) is 4.98. The van der Waals surface area contributed by atoms with E-state index in [2.05, 4.69) is 32.9 Å². The highest BCUT2D eigenvalue weighted by molar-refractivity contribution is 5.79. The van der Waals surface area contributed by atoms with E-state index in [1.807, 2.05) is 4.90 Å². The summed E-state index contributed by atoms with van der Waals surface area (Å²) >= 11 is 0. The molecule has 1 amide bonds. The van der Waals surface area contributed by atoms with E-state index >= 15 is 0 Å². The number of amides is 1. The first-order chi connectivity index (χ1) is 8.08. The van der Waals surface area contributed by atoms with Crippen LogP contribution in [-0.4, -0.2) is 23.9 Å². The van der Waals surface area contributed by atoms with Crippen LogP contribution in [0.15, 0.2) is 12.1 Å². The van der Waals surface area contributed by atoms with E-state index < -0.39 is 0 Å². The van der Waals surface area contributed by atoms with Crippen LogP contribution in [0.5, 0.6) is 0 Å². The van der Waals surface area contributed by atoms with E-state index in [0.29, 0.717) is 6.42 Å². The minimum absolute atomic E-state index is 0.289. The molecule has 17 heavy (non-hydrogen) atoms. The van der Waals surface area contributed by atoms with Crippen molar-refractivity contribution in [2.75, 3.05) is 13.1 Å². The summed E-state index contributed by atoms with van der Waals surface area (Å²) in [5.74, 6) is 0.289. The van der Waals surface area contributed by atoms with Gasteiger partial charge in [-0.15, -0.1) is 0 Å². The van der Waals surface area contributed by atoms with Gasteiger partial charge in [-0.05, 0) is 50.3 Å². The lowest BCUT2D eigenvalue weighted by Gasteiger charge is -2.17. The third-order valence-electron chi connectivity index (χ3n) is 3.63. The number of aryl methyl sites for hydroxylation is 3. The molecule has 1 fully saturated rings. The Kier molecular flexibility index (Phi) is 3.51. The van der Waals surface area contributed by atoms with Crippen molar-refractivity contribution in [1.82, 2.24) is 4.90 Å². The fraction of sp³-hybridized carbons (Fsp3) is 0.533. The fourth-order valence-electron chi connectivity index (χ4n) is 2.72. The number of likely N-dealkylation sites (tertiary alicyclic amines) is 1. The molecule has 2 heteroatoms. The van der Waals surface area contributed by atoms with Gasteiger partial charge < -0.3 is 4.90 Å². The molecule has 1 heterocycles. The zero-order chi connectivity index (χ0) is 12.4. The smallest absolute Gasteiger partial charge is 0.227 e. The van der Waals surface area contributed by atoms with Crippen LogP contribution in [0.3, 0.4) is 0 Å². The standard InChI is InChI=1S/C15H21NO/c1-11-8-12(2)14(13(3)9-11)10-15(17)16-6-4-5-7-16/h8-9H,4-7,10H2,1-3H3. The summed E-state index contributed by atoms with van der Waals surface area (Å²) in [6.45, 7) is 8.21.